The maximum atomic E-state index is 13.7. The van der Waals surface area contributed by atoms with Gasteiger partial charge in [-0.2, -0.15) is 13.2 Å². The summed E-state index contributed by atoms with van der Waals surface area (Å²) in [4.78, 5) is 13.3. The number of carbonyl (C=O) groups excluding carboxylic acids is 1. The van der Waals surface area contributed by atoms with E-state index in [9.17, 15) is 26.7 Å². The normalized spacial score (nSPS) is 23.3. The third kappa shape index (κ3) is 3.76. The summed E-state index contributed by atoms with van der Waals surface area (Å²) in [6, 6.07) is 2.99. The summed E-state index contributed by atoms with van der Waals surface area (Å²) in [7, 11) is -1.26. The molecule has 2 heterocycles. The highest BCUT2D eigenvalue weighted by molar-refractivity contribution is 6.62. The second-order valence-electron chi connectivity index (χ2n) is 8.22. The first-order valence-corrected chi connectivity index (χ1v) is 8.87. The van der Waals surface area contributed by atoms with Crippen molar-refractivity contribution >= 4 is 18.5 Å². The molecule has 0 aliphatic carbocycles. The molecule has 0 saturated carbocycles. The number of alkyl halides is 5. The third-order valence-electron chi connectivity index (χ3n) is 5.57. The van der Waals surface area contributed by atoms with Crippen LogP contribution >= 0.6 is 0 Å². The number of benzene rings is 1. The molecule has 10 heteroatoms. The van der Waals surface area contributed by atoms with Crippen molar-refractivity contribution in [1.82, 2.24) is 4.90 Å². The van der Waals surface area contributed by atoms with E-state index in [0.29, 0.717) is 6.07 Å². The molecule has 154 valence electrons. The fourth-order valence-corrected chi connectivity index (χ4v) is 3.20. The van der Waals surface area contributed by atoms with Crippen LogP contribution in [-0.2, 0) is 15.5 Å². The van der Waals surface area contributed by atoms with Crippen LogP contribution in [0.1, 0.15) is 50.0 Å². The first kappa shape index (κ1) is 21.0. The molecule has 2 aliphatic rings. The van der Waals surface area contributed by atoms with Crippen molar-refractivity contribution in [1.29, 1.82) is 0 Å². The van der Waals surface area contributed by atoms with Crippen molar-refractivity contribution in [2.24, 2.45) is 0 Å². The Hall–Kier alpha value is -1.68. The largest absolute Gasteiger partial charge is 0.495 e. The van der Waals surface area contributed by atoms with Gasteiger partial charge < -0.3 is 14.2 Å². The van der Waals surface area contributed by atoms with Crippen LogP contribution < -0.4 is 5.46 Å². The minimum absolute atomic E-state index is 0.202. The van der Waals surface area contributed by atoms with Crippen LogP contribution in [0.15, 0.2) is 18.2 Å². The summed E-state index contributed by atoms with van der Waals surface area (Å²) in [5.41, 5.74) is -3.31. The van der Waals surface area contributed by atoms with Gasteiger partial charge in [-0.25, -0.2) is 8.78 Å². The van der Waals surface area contributed by atoms with E-state index in [-0.39, 0.29) is 17.6 Å². The van der Waals surface area contributed by atoms with E-state index in [1.54, 1.807) is 27.7 Å². The molecule has 4 nitrogen and oxygen atoms in total. The lowest BCUT2D eigenvalue weighted by Gasteiger charge is -2.32. The quantitative estimate of drug-likeness (QED) is 0.559. The average Bonchev–Trinajstić information content (AvgIpc) is 3.01. The maximum Gasteiger partial charge on any atom is 0.495 e. The molecule has 1 aromatic rings. The zero-order valence-electron chi connectivity index (χ0n) is 16.0. The average molecular weight is 405 g/mol. The highest BCUT2D eigenvalue weighted by Gasteiger charge is 2.53. The van der Waals surface area contributed by atoms with E-state index >= 15 is 0 Å². The van der Waals surface area contributed by atoms with Gasteiger partial charge in [0.1, 0.15) is 0 Å². The lowest BCUT2D eigenvalue weighted by molar-refractivity contribution is -0.136. The van der Waals surface area contributed by atoms with Gasteiger partial charge in [0.15, 0.2) is 0 Å². The van der Waals surface area contributed by atoms with Gasteiger partial charge in [-0.05, 0) is 45.3 Å². The van der Waals surface area contributed by atoms with E-state index in [1.165, 1.54) is 6.07 Å². The van der Waals surface area contributed by atoms with Gasteiger partial charge in [-0.3, -0.25) is 4.79 Å². The number of rotatable bonds is 2. The first-order chi connectivity index (χ1) is 12.6. The highest BCUT2D eigenvalue weighted by Crippen LogP contribution is 2.38. The summed E-state index contributed by atoms with van der Waals surface area (Å²) in [6.45, 7) is 5.85. The van der Waals surface area contributed by atoms with Crippen LogP contribution in [0.3, 0.4) is 0 Å². The predicted molar refractivity (Wildman–Crippen MR) is 92.6 cm³/mol. The summed E-state index contributed by atoms with van der Waals surface area (Å²) in [6.07, 6.45) is -5.28. The van der Waals surface area contributed by atoms with Gasteiger partial charge in [0.2, 0.25) is 0 Å². The molecule has 2 fully saturated rings. The van der Waals surface area contributed by atoms with Crippen LogP contribution in [0.25, 0.3) is 0 Å². The van der Waals surface area contributed by atoms with Crippen LogP contribution in [0.2, 0.25) is 0 Å². The lowest BCUT2D eigenvalue weighted by Crippen LogP contribution is -2.41. The zero-order valence-corrected chi connectivity index (χ0v) is 16.0. The van der Waals surface area contributed by atoms with Crippen molar-refractivity contribution in [3.05, 3.63) is 29.3 Å². The minimum Gasteiger partial charge on any atom is -0.399 e. The maximum absolute atomic E-state index is 13.7. The molecule has 1 amide bonds. The number of amides is 1. The monoisotopic (exact) mass is 405 g/mol. The number of hydrogen-bond acceptors (Lipinski definition) is 3. The Morgan fingerprint density at radius 2 is 1.68 bits per heavy atom. The number of likely N-dealkylation sites (tertiary alicyclic amines) is 1. The zero-order chi connectivity index (χ0) is 21.1. The Balaban J connectivity index is 1.95. The number of halogens is 5. The van der Waals surface area contributed by atoms with Gasteiger partial charge in [0, 0.05) is 18.5 Å². The van der Waals surface area contributed by atoms with Crippen LogP contribution in [0.5, 0.6) is 0 Å². The molecule has 1 aromatic carbocycles. The van der Waals surface area contributed by atoms with E-state index in [1.807, 2.05) is 0 Å². The number of nitrogens with zero attached hydrogens (tertiary/aromatic N) is 1. The first-order valence-electron chi connectivity index (χ1n) is 8.87. The smallest absolute Gasteiger partial charge is 0.399 e. The number of carbonyl (C=O) groups is 1. The van der Waals surface area contributed by atoms with Gasteiger partial charge in [0.25, 0.3) is 11.8 Å². The lowest BCUT2D eigenvalue weighted by atomic mass is 9.75. The SMILES string of the molecule is CC1(C)OB(c2ccc(C(=O)N3CCC(F)(F)C3)cc2C(F)(F)F)OC1(C)C. The Labute approximate surface area is 160 Å². The Morgan fingerprint density at radius 1 is 1.11 bits per heavy atom. The molecule has 0 radical (unpaired) electrons. The Bertz CT molecular complexity index is 778. The van der Waals surface area contributed by atoms with E-state index in [2.05, 4.69) is 0 Å². The van der Waals surface area contributed by atoms with Crippen LogP contribution in [0.4, 0.5) is 22.0 Å². The van der Waals surface area contributed by atoms with E-state index in [0.717, 1.165) is 11.0 Å². The molecule has 0 unspecified atom stereocenters. The van der Waals surface area contributed by atoms with Crippen LogP contribution in [0, 0.1) is 0 Å². The van der Waals surface area contributed by atoms with E-state index < -0.39 is 54.9 Å². The third-order valence-corrected chi connectivity index (χ3v) is 5.57. The summed E-state index contributed by atoms with van der Waals surface area (Å²) in [5.74, 6) is -3.88. The van der Waals surface area contributed by atoms with Gasteiger partial charge >= 0.3 is 13.3 Å². The van der Waals surface area contributed by atoms with Crippen molar-refractivity contribution in [2.45, 2.75) is 57.4 Å². The second-order valence-corrected chi connectivity index (χ2v) is 8.22. The fraction of sp³-hybridized carbons (Fsp3) is 0.611. The summed E-state index contributed by atoms with van der Waals surface area (Å²) < 4.78 is 79.1. The Kier molecular flexibility index (Phi) is 4.82. The van der Waals surface area contributed by atoms with Crippen molar-refractivity contribution in [3.63, 3.8) is 0 Å². The molecule has 0 atom stereocenters. The topological polar surface area (TPSA) is 38.8 Å². The van der Waals surface area contributed by atoms with Crippen molar-refractivity contribution in [3.8, 4) is 0 Å². The molecular formula is C18H21BF5NO3. The van der Waals surface area contributed by atoms with Gasteiger partial charge in [-0.1, -0.05) is 6.07 Å². The van der Waals surface area contributed by atoms with Gasteiger partial charge in [-0.15, -0.1) is 0 Å². The molecule has 3 rings (SSSR count). The molecule has 0 spiro atoms. The minimum atomic E-state index is -4.77. The summed E-state index contributed by atoms with van der Waals surface area (Å²) in [5, 5.41) is 0. The fourth-order valence-electron chi connectivity index (χ4n) is 3.20. The molecular weight excluding hydrogens is 384 g/mol. The van der Waals surface area contributed by atoms with Crippen molar-refractivity contribution < 1.29 is 36.1 Å². The predicted octanol–water partition coefficient (Wildman–Crippen LogP) is 3.49. The molecule has 0 bridgehead atoms. The molecule has 2 saturated heterocycles. The molecule has 0 N–H and O–H groups in total. The Morgan fingerprint density at radius 3 is 2.14 bits per heavy atom. The molecule has 28 heavy (non-hydrogen) atoms. The highest BCUT2D eigenvalue weighted by atomic mass is 19.4. The molecule has 2 aliphatic heterocycles. The van der Waals surface area contributed by atoms with Crippen LogP contribution in [-0.4, -0.2) is 48.1 Å². The number of hydrogen-bond donors (Lipinski definition) is 0. The van der Waals surface area contributed by atoms with E-state index in [4.69, 9.17) is 9.31 Å². The van der Waals surface area contributed by atoms with Gasteiger partial charge in [0.05, 0.1) is 23.3 Å². The van der Waals surface area contributed by atoms with Crippen molar-refractivity contribution in [2.75, 3.05) is 13.1 Å². The second kappa shape index (κ2) is 6.42. The molecule has 0 aromatic heterocycles. The summed E-state index contributed by atoms with van der Waals surface area (Å²) >= 11 is 0. The standard InChI is InChI=1S/C18H21BF5NO3/c1-15(2)16(3,4)28-19(27-15)13-6-5-11(9-12(13)18(22,23)24)14(26)25-8-7-17(20,21)10-25/h5-6,9H,7-8,10H2,1-4H3.